The Hall–Kier alpha value is -2.37. The molecule has 4 aliphatic rings. The standard InChI is InChI=1S/C27H34N2O3/c1-27(2)15-22-14-21(19-6-4-18(5-7-19)17-31-3)8-9-23(22)25(27)28-26(30)32-24-16-29-12-10-20(24)11-13-29/h4-9,14,20,24-25H,10-13,15-17H2,1-3H3,(H,28,30)/t24-,25?/m0/s1. The summed E-state index contributed by atoms with van der Waals surface area (Å²) >= 11 is 0. The van der Waals surface area contributed by atoms with Crippen LogP contribution in [0.25, 0.3) is 11.1 Å². The number of carbonyl (C=O) groups is 1. The monoisotopic (exact) mass is 434 g/mol. The third-order valence-corrected chi connectivity index (χ3v) is 7.60. The maximum Gasteiger partial charge on any atom is 0.407 e. The number of piperidine rings is 3. The van der Waals surface area contributed by atoms with E-state index in [-0.39, 0.29) is 23.7 Å². The summed E-state index contributed by atoms with van der Waals surface area (Å²) in [5.74, 6) is 0.521. The van der Waals surface area contributed by atoms with Crippen molar-refractivity contribution in [3.63, 3.8) is 0 Å². The van der Waals surface area contributed by atoms with Crippen LogP contribution in [0.2, 0.25) is 0 Å². The minimum Gasteiger partial charge on any atom is -0.445 e. The SMILES string of the molecule is COCc1ccc(-c2ccc3c(c2)CC(C)(C)C3NC(=O)O[C@H]2CN3CCC2CC3)cc1. The first-order valence-electron chi connectivity index (χ1n) is 11.8. The topological polar surface area (TPSA) is 50.8 Å². The fraction of sp³-hybridized carbons (Fsp3) is 0.519. The van der Waals surface area contributed by atoms with Crippen LogP contribution in [0.3, 0.4) is 0 Å². The molecule has 3 aliphatic heterocycles. The van der Waals surface area contributed by atoms with Gasteiger partial charge in [-0.05, 0) is 71.5 Å². The van der Waals surface area contributed by atoms with E-state index in [1.807, 2.05) is 0 Å². The maximum atomic E-state index is 12.9. The number of ether oxygens (including phenoxy) is 2. The normalized spacial score (nSPS) is 27.7. The van der Waals surface area contributed by atoms with Crippen molar-refractivity contribution in [2.75, 3.05) is 26.7 Å². The number of methoxy groups -OCH3 is 1. The number of nitrogens with one attached hydrogen (secondary N) is 1. The lowest BCUT2D eigenvalue weighted by molar-refractivity contribution is -0.0348. The van der Waals surface area contributed by atoms with Crippen LogP contribution in [0.15, 0.2) is 42.5 Å². The molecule has 2 aromatic rings. The highest BCUT2D eigenvalue weighted by Gasteiger charge is 2.42. The molecule has 170 valence electrons. The van der Waals surface area contributed by atoms with E-state index in [1.54, 1.807) is 7.11 Å². The second-order valence-corrected chi connectivity index (χ2v) is 10.4. The lowest BCUT2D eigenvalue weighted by Crippen LogP contribution is -2.53. The number of alkyl carbamates (subject to hydrolysis) is 1. The molecule has 1 unspecified atom stereocenters. The van der Waals surface area contributed by atoms with Gasteiger partial charge in [-0.1, -0.05) is 56.3 Å². The number of carbonyl (C=O) groups excluding carboxylic acids is 1. The van der Waals surface area contributed by atoms with Gasteiger partial charge in [-0.15, -0.1) is 0 Å². The van der Waals surface area contributed by atoms with Crippen LogP contribution in [-0.4, -0.2) is 43.8 Å². The van der Waals surface area contributed by atoms with Gasteiger partial charge in [0.05, 0.1) is 12.6 Å². The molecule has 5 nitrogen and oxygen atoms in total. The number of rotatable bonds is 5. The van der Waals surface area contributed by atoms with Crippen LogP contribution in [-0.2, 0) is 22.5 Å². The van der Waals surface area contributed by atoms with Crippen molar-refractivity contribution < 1.29 is 14.3 Å². The summed E-state index contributed by atoms with van der Waals surface area (Å²) in [5, 5.41) is 3.22. The summed E-state index contributed by atoms with van der Waals surface area (Å²) in [4.78, 5) is 15.3. The Kier molecular flexibility index (Phi) is 5.72. The number of hydrogen-bond acceptors (Lipinski definition) is 4. The zero-order chi connectivity index (χ0) is 22.3. The first-order valence-corrected chi connectivity index (χ1v) is 11.8. The Bertz CT molecular complexity index is 977. The molecule has 2 aromatic carbocycles. The highest BCUT2D eigenvalue weighted by atomic mass is 16.6. The Morgan fingerprint density at radius 3 is 2.47 bits per heavy atom. The van der Waals surface area contributed by atoms with Crippen molar-refractivity contribution in [2.45, 2.75) is 51.9 Å². The minimum atomic E-state index is -0.271. The molecule has 3 fully saturated rings. The second kappa shape index (κ2) is 8.53. The fourth-order valence-electron chi connectivity index (χ4n) is 5.80. The molecule has 2 bridgehead atoms. The predicted molar refractivity (Wildman–Crippen MR) is 125 cm³/mol. The molecule has 0 aromatic heterocycles. The summed E-state index contributed by atoms with van der Waals surface area (Å²) in [6, 6.07) is 15.1. The first kappa shape index (κ1) is 21.5. The number of hydrogen-bond donors (Lipinski definition) is 1. The lowest BCUT2D eigenvalue weighted by Gasteiger charge is -2.44. The highest BCUT2D eigenvalue weighted by Crippen LogP contribution is 2.46. The molecule has 1 N–H and O–H groups in total. The van der Waals surface area contributed by atoms with Crippen molar-refractivity contribution in [3.05, 3.63) is 59.2 Å². The van der Waals surface area contributed by atoms with Crippen molar-refractivity contribution in [3.8, 4) is 11.1 Å². The van der Waals surface area contributed by atoms with E-state index in [0.717, 1.165) is 38.9 Å². The quantitative estimate of drug-likeness (QED) is 0.724. The van der Waals surface area contributed by atoms with E-state index in [9.17, 15) is 4.79 Å². The van der Waals surface area contributed by atoms with E-state index in [1.165, 1.54) is 27.8 Å². The largest absolute Gasteiger partial charge is 0.445 e. The number of benzene rings is 2. The van der Waals surface area contributed by atoms with Crippen LogP contribution in [0.4, 0.5) is 4.79 Å². The molecule has 3 saturated heterocycles. The third-order valence-electron chi connectivity index (χ3n) is 7.60. The van der Waals surface area contributed by atoms with Crippen molar-refractivity contribution in [2.24, 2.45) is 11.3 Å². The van der Waals surface area contributed by atoms with Gasteiger partial charge in [0.2, 0.25) is 0 Å². The molecular formula is C27H34N2O3. The Labute approximate surface area is 191 Å². The average molecular weight is 435 g/mol. The van der Waals surface area contributed by atoms with E-state index in [4.69, 9.17) is 9.47 Å². The molecular weight excluding hydrogens is 400 g/mol. The Balaban J connectivity index is 1.30. The summed E-state index contributed by atoms with van der Waals surface area (Å²) in [6.07, 6.45) is 2.98. The molecule has 3 heterocycles. The molecule has 1 aliphatic carbocycles. The van der Waals surface area contributed by atoms with Crippen molar-refractivity contribution in [1.82, 2.24) is 10.2 Å². The third kappa shape index (κ3) is 4.16. The summed E-state index contributed by atoms with van der Waals surface area (Å²) in [6.45, 7) is 8.26. The maximum absolute atomic E-state index is 12.9. The van der Waals surface area contributed by atoms with Gasteiger partial charge in [0.25, 0.3) is 0 Å². The van der Waals surface area contributed by atoms with Gasteiger partial charge in [0, 0.05) is 13.7 Å². The fourth-order valence-corrected chi connectivity index (χ4v) is 5.80. The van der Waals surface area contributed by atoms with E-state index < -0.39 is 0 Å². The van der Waals surface area contributed by atoms with Gasteiger partial charge in [-0.2, -0.15) is 0 Å². The number of fused-ring (bicyclic) bond motifs is 4. The molecule has 6 rings (SSSR count). The zero-order valence-electron chi connectivity index (χ0n) is 19.4. The van der Waals surface area contributed by atoms with Gasteiger partial charge >= 0.3 is 6.09 Å². The first-order chi connectivity index (χ1) is 15.4. The number of nitrogens with zero attached hydrogens (tertiary/aromatic N) is 1. The summed E-state index contributed by atoms with van der Waals surface area (Å²) in [5.41, 5.74) is 6.03. The van der Waals surface area contributed by atoms with Crippen LogP contribution < -0.4 is 5.32 Å². The van der Waals surface area contributed by atoms with Crippen molar-refractivity contribution in [1.29, 1.82) is 0 Å². The van der Waals surface area contributed by atoms with Crippen molar-refractivity contribution >= 4 is 6.09 Å². The van der Waals surface area contributed by atoms with Gasteiger partial charge in [0.1, 0.15) is 6.10 Å². The second-order valence-electron chi connectivity index (χ2n) is 10.4. The van der Waals surface area contributed by atoms with Gasteiger partial charge < -0.3 is 14.8 Å². The Morgan fingerprint density at radius 2 is 1.81 bits per heavy atom. The summed E-state index contributed by atoms with van der Waals surface area (Å²) < 4.78 is 11.1. The average Bonchev–Trinajstić information content (AvgIpc) is 3.04. The van der Waals surface area contributed by atoms with E-state index in [2.05, 4.69) is 66.5 Å². The molecule has 5 heteroatoms. The lowest BCUT2D eigenvalue weighted by atomic mass is 9.85. The molecule has 2 atom stereocenters. The van der Waals surface area contributed by atoms with E-state index >= 15 is 0 Å². The van der Waals surface area contributed by atoms with Crippen LogP contribution >= 0.6 is 0 Å². The summed E-state index contributed by atoms with van der Waals surface area (Å²) in [7, 11) is 1.72. The Morgan fingerprint density at radius 1 is 1.09 bits per heavy atom. The molecule has 0 radical (unpaired) electrons. The van der Waals surface area contributed by atoms with Gasteiger partial charge in [0.15, 0.2) is 0 Å². The molecule has 0 saturated carbocycles. The predicted octanol–water partition coefficient (Wildman–Crippen LogP) is 4.94. The minimum absolute atomic E-state index is 0.0324. The molecule has 0 spiro atoms. The van der Waals surface area contributed by atoms with Crippen LogP contribution in [0, 0.1) is 11.3 Å². The van der Waals surface area contributed by atoms with Gasteiger partial charge in [-0.25, -0.2) is 4.79 Å². The highest BCUT2D eigenvalue weighted by molar-refractivity contribution is 5.70. The smallest absolute Gasteiger partial charge is 0.407 e. The van der Waals surface area contributed by atoms with E-state index in [0.29, 0.717) is 12.5 Å². The zero-order valence-corrected chi connectivity index (χ0v) is 19.4. The van der Waals surface area contributed by atoms with Crippen LogP contribution in [0.5, 0.6) is 0 Å². The van der Waals surface area contributed by atoms with Crippen LogP contribution in [0.1, 0.15) is 49.4 Å². The number of amides is 1. The molecule has 1 amide bonds. The van der Waals surface area contributed by atoms with Gasteiger partial charge in [-0.3, -0.25) is 4.90 Å². The molecule has 32 heavy (non-hydrogen) atoms.